The van der Waals surface area contributed by atoms with Crippen molar-refractivity contribution in [3.8, 4) is 26.9 Å². The van der Waals surface area contributed by atoms with Gasteiger partial charge in [0.2, 0.25) is 0 Å². The first-order valence-electron chi connectivity index (χ1n) is 13.0. The monoisotopic (exact) mass is 591 g/mol. The Morgan fingerprint density at radius 1 is 1.27 bits per heavy atom. The Balaban J connectivity index is 1.48. The fourth-order valence-electron chi connectivity index (χ4n) is 4.11. The number of carbonyl (C=O) groups excluding carboxylic acids is 1. The van der Waals surface area contributed by atoms with Crippen LogP contribution in [-0.2, 0) is 9.47 Å². The van der Waals surface area contributed by atoms with Crippen LogP contribution in [0.25, 0.3) is 21.1 Å². The van der Waals surface area contributed by atoms with Gasteiger partial charge in [0.15, 0.2) is 11.6 Å². The van der Waals surface area contributed by atoms with E-state index in [9.17, 15) is 4.79 Å². The second-order valence-electron chi connectivity index (χ2n) is 11.4. The molecule has 9 nitrogen and oxygen atoms in total. The van der Waals surface area contributed by atoms with Gasteiger partial charge >= 0.3 is 6.09 Å². The molecule has 1 unspecified atom stereocenters. The standard InChI is InChI=1S/C28H35ClFN5O4S/c1-16(2)34(8)23-10-9-17(13-31-23)24-32-33-25(40-24)19-11-21(30)22(12-20(19)29)37-14-18-15-38-28(6,7)35(18)26(36)39-27(3,4)5/h9-13,16,18H,14-15H2,1-8H3. The molecule has 0 aliphatic carbocycles. The summed E-state index contributed by atoms with van der Waals surface area (Å²) in [6.45, 7) is 13.3. The highest BCUT2D eigenvalue weighted by Crippen LogP contribution is 2.38. The van der Waals surface area contributed by atoms with Gasteiger partial charge in [-0.1, -0.05) is 22.9 Å². The summed E-state index contributed by atoms with van der Waals surface area (Å²) in [4.78, 5) is 20.9. The molecule has 0 bridgehead atoms. The number of aromatic nitrogens is 3. The first kappa shape index (κ1) is 30.0. The first-order valence-corrected chi connectivity index (χ1v) is 14.2. The molecule has 12 heteroatoms. The highest BCUT2D eigenvalue weighted by Gasteiger charge is 2.46. The summed E-state index contributed by atoms with van der Waals surface area (Å²) in [7, 11) is 1.99. The Bertz CT molecular complexity index is 1360. The number of hydrogen-bond acceptors (Lipinski definition) is 9. The van der Waals surface area contributed by atoms with Gasteiger partial charge < -0.3 is 19.1 Å². The maximum absolute atomic E-state index is 15.2. The van der Waals surface area contributed by atoms with Gasteiger partial charge in [-0.15, -0.1) is 10.2 Å². The van der Waals surface area contributed by atoms with E-state index in [1.165, 1.54) is 28.4 Å². The summed E-state index contributed by atoms with van der Waals surface area (Å²) in [5, 5.41) is 9.86. The second-order valence-corrected chi connectivity index (χ2v) is 12.7. The minimum atomic E-state index is -0.897. The number of rotatable bonds is 7. The van der Waals surface area contributed by atoms with Crippen molar-refractivity contribution in [1.82, 2.24) is 20.1 Å². The van der Waals surface area contributed by atoms with Crippen molar-refractivity contribution in [3.05, 3.63) is 41.3 Å². The van der Waals surface area contributed by atoms with Crippen LogP contribution >= 0.6 is 22.9 Å². The number of ether oxygens (including phenoxy) is 3. The molecule has 1 atom stereocenters. The van der Waals surface area contributed by atoms with E-state index in [4.69, 9.17) is 25.8 Å². The Hall–Kier alpha value is -3.02. The Kier molecular flexibility index (Phi) is 8.58. The van der Waals surface area contributed by atoms with Crippen LogP contribution in [0.1, 0.15) is 48.5 Å². The molecule has 0 N–H and O–H groups in total. The zero-order chi connectivity index (χ0) is 29.4. The first-order chi connectivity index (χ1) is 18.7. The van der Waals surface area contributed by atoms with Crippen molar-refractivity contribution in [2.24, 2.45) is 0 Å². The molecule has 1 aliphatic rings. The molecule has 40 heavy (non-hydrogen) atoms. The zero-order valence-corrected chi connectivity index (χ0v) is 25.6. The van der Waals surface area contributed by atoms with E-state index in [0.29, 0.717) is 21.6 Å². The Morgan fingerprint density at radius 3 is 2.60 bits per heavy atom. The van der Waals surface area contributed by atoms with Crippen molar-refractivity contribution >= 4 is 34.8 Å². The number of benzene rings is 1. The number of hydrogen-bond donors (Lipinski definition) is 0. The van der Waals surface area contributed by atoms with Gasteiger partial charge in [0, 0.05) is 36.5 Å². The van der Waals surface area contributed by atoms with Crippen LogP contribution in [0.5, 0.6) is 5.75 Å². The summed E-state index contributed by atoms with van der Waals surface area (Å²) in [5.74, 6) is 0.202. The molecule has 1 aliphatic heterocycles. The number of halogens is 2. The van der Waals surface area contributed by atoms with Crippen molar-refractivity contribution < 1.29 is 23.4 Å². The van der Waals surface area contributed by atoms with Crippen LogP contribution in [0, 0.1) is 5.82 Å². The molecule has 216 valence electrons. The van der Waals surface area contributed by atoms with E-state index in [2.05, 4.69) is 33.9 Å². The summed E-state index contributed by atoms with van der Waals surface area (Å²) in [5.41, 5.74) is -0.366. The molecule has 1 saturated heterocycles. The van der Waals surface area contributed by atoms with Gasteiger partial charge in [-0.2, -0.15) is 0 Å². The average molecular weight is 592 g/mol. The third-order valence-corrected chi connectivity index (χ3v) is 7.72. The summed E-state index contributed by atoms with van der Waals surface area (Å²) in [6, 6.07) is 6.38. The number of anilines is 1. The third kappa shape index (κ3) is 6.64. The lowest BCUT2D eigenvalue weighted by Crippen LogP contribution is -2.51. The minimum Gasteiger partial charge on any atom is -0.488 e. The van der Waals surface area contributed by atoms with Crippen molar-refractivity contribution in [1.29, 1.82) is 0 Å². The Morgan fingerprint density at radius 2 is 1.98 bits per heavy atom. The predicted molar refractivity (Wildman–Crippen MR) is 154 cm³/mol. The van der Waals surface area contributed by atoms with Crippen LogP contribution < -0.4 is 9.64 Å². The fraction of sp³-hybridized carbons (Fsp3) is 0.500. The fourth-order valence-corrected chi connectivity index (χ4v) is 5.27. The molecule has 0 radical (unpaired) electrons. The van der Waals surface area contributed by atoms with Crippen LogP contribution in [0.4, 0.5) is 15.0 Å². The molecule has 0 saturated carbocycles. The molecule has 2 aromatic heterocycles. The highest BCUT2D eigenvalue weighted by molar-refractivity contribution is 7.18. The lowest BCUT2D eigenvalue weighted by Gasteiger charge is -2.35. The number of pyridine rings is 1. The van der Waals surface area contributed by atoms with E-state index in [1.54, 1.807) is 40.8 Å². The van der Waals surface area contributed by atoms with E-state index in [0.717, 1.165) is 11.4 Å². The largest absolute Gasteiger partial charge is 0.488 e. The second kappa shape index (κ2) is 11.5. The van der Waals surface area contributed by atoms with E-state index >= 15 is 4.39 Å². The van der Waals surface area contributed by atoms with Crippen LogP contribution in [0.15, 0.2) is 30.5 Å². The quantitative estimate of drug-likeness (QED) is 0.301. The van der Waals surface area contributed by atoms with Crippen LogP contribution in [0.3, 0.4) is 0 Å². The van der Waals surface area contributed by atoms with Crippen LogP contribution in [-0.4, -0.2) is 69.8 Å². The van der Waals surface area contributed by atoms with Gasteiger partial charge in [-0.3, -0.25) is 4.90 Å². The number of nitrogens with zero attached hydrogens (tertiary/aromatic N) is 5. The van der Waals surface area contributed by atoms with E-state index < -0.39 is 29.3 Å². The lowest BCUT2D eigenvalue weighted by atomic mass is 10.2. The minimum absolute atomic E-state index is 0.00673. The summed E-state index contributed by atoms with van der Waals surface area (Å²) in [6.07, 6.45) is 1.22. The maximum Gasteiger partial charge on any atom is 0.413 e. The smallest absolute Gasteiger partial charge is 0.413 e. The van der Waals surface area contributed by atoms with Gasteiger partial charge in [-0.05, 0) is 66.7 Å². The zero-order valence-electron chi connectivity index (χ0n) is 24.0. The molecule has 3 aromatic rings. The van der Waals surface area contributed by atoms with Gasteiger partial charge in [-0.25, -0.2) is 14.2 Å². The van der Waals surface area contributed by atoms with E-state index in [-0.39, 0.29) is 24.0 Å². The van der Waals surface area contributed by atoms with Gasteiger partial charge in [0.1, 0.15) is 33.8 Å². The highest BCUT2D eigenvalue weighted by atomic mass is 35.5. The predicted octanol–water partition coefficient (Wildman–Crippen LogP) is 6.66. The molecule has 1 fully saturated rings. The average Bonchev–Trinajstić information content (AvgIpc) is 3.47. The number of carbonyl (C=O) groups is 1. The summed E-state index contributed by atoms with van der Waals surface area (Å²) >= 11 is 7.82. The molecule has 1 aromatic carbocycles. The lowest BCUT2D eigenvalue weighted by molar-refractivity contribution is -0.0637. The van der Waals surface area contributed by atoms with Crippen molar-refractivity contribution in [2.75, 3.05) is 25.2 Å². The summed E-state index contributed by atoms with van der Waals surface area (Å²) < 4.78 is 32.3. The molecular weight excluding hydrogens is 557 g/mol. The van der Waals surface area contributed by atoms with Gasteiger partial charge in [0.25, 0.3) is 0 Å². The van der Waals surface area contributed by atoms with E-state index in [1.807, 2.05) is 19.2 Å². The maximum atomic E-state index is 15.2. The van der Waals surface area contributed by atoms with Crippen molar-refractivity contribution in [3.63, 3.8) is 0 Å². The number of amides is 1. The molecule has 0 spiro atoms. The van der Waals surface area contributed by atoms with Crippen LogP contribution in [0.2, 0.25) is 5.02 Å². The molecule has 3 heterocycles. The topological polar surface area (TPSA) is 89.9 Å². The normalized spacial score (nSPS) is 16.9. The van der Waals surface area contributed by atoms with Crippen molar-refractivity contribution in [2.45, 2.75) is 71.9 Å². The Labute approximate surface area is 243 Å². The molecular formula is C28H35ClFN5O4S. The van der Waals surface area contributed by atoms with Gasteiger partial charge in [0.05, 0.1) is 17.7 Å². The third-order valence-electron chi connectivity index (χ3n) is 6.40. The SMILES string of the molecule is CC(C)N(C)c1ccc(-c2nnc(-c3cc(F)c(OCC4COC(C)(C)N4C(=O)OC(C)(C)C)cc3Cl)s2)cn1. The molecule has 1 amide bonds. The molecule has 4 rings (SSSR count).